The van der Waals surface area contributed by atoms with E-state index in [0.29, 0.717) is 32.1 Å². The summed E-state index contributed by atoms with van der Waals surface area (Å²) < 4.78 is 27.4. The van der Waals surface area contributed by atoms with Crippen molar-refractivity contribution in [3.63, 3.8) is 0 Å². The van der Waals surface area contributed by atoms with Crippen LogP contribution in [-0.2, 0) is 10.0 Å². The van der Waals surface area contributed by atoms with Crippen molar-refractivity contribution in [1.82, 2.24) is 14.5 Å². The zero-order valence-corrected chi connectivity index (χ0v) is 14.7. The Balaban J connectivity index is 1.66. The third-order valence-electron chi connectivity index (χ3n) is 3.71. The molecule has 3 heterocycles. The Bertz CT molecular complexity index is 575. The van der Waals surface area contributed by atoms with Gasteiger partial charge in [0.25, 0.3) is 10.0 Å². The summed E-state index contributed by atoms with van der Waals surface area (Å²) in [6.07, 6.45) is 0. The van der Waals surface area contributed by atoms with Gasteiger partial charge in [0, 0.05) is 45.3 Å². The van der Waals surface area contributed by atoms with Crippen LogP contribution in [0.2, 0.25) is 5.02 Å². The van der Waals surface area contributed by atoms with Crippen LogP contribution in [0.1, 0.15) is 0 Å². The van der Waals surface area contributed by atoms with E-state index in [1.165, 1.54) is 21.7 Å². The third-order valence-corrected chi connectivity index (χ3v) is 8.47. The quantitative estimate of drug-likeness (QED) is 0.834. The van der Waals surface area contributed by atoms with Gasteiger partial charge in [-0.25, -0.2) is 8.42 Å². The number of rotatable bonds is 3. The lowest BCUT2D eigenvalue weighted by Gasteiger charge is -2.45. The van der Waals surface area contributed by atoms with Crippen LogP contribution < -0.4 is 5.32 Å². The summed E-state index contributed by atoms with van der Waals surface area (Å²) in [6.45, 7) is 5.11. The fourth-order valence-corrected chi connectivity index (χ4v) is 6.54. The van der Waals surface area contributed by atoms with Crippen molar-refractivity contribution < 1.29 is 8.42 Å². The van der Waals surface area contributed by atoms with Crippen LogP contribution in [0.15, 0.2) is 14.1 Å². The summed E-state index contributed by atoms with van der Waals surface area (Å²) in [5.74, 6) is 0. The van der Waals surface area contributed by atoms with Gasteiger partial charge in [-0.1, -0.05) is 11.6 Å². The highest BCUT2D eigenvalue weighted by molar-refractivity contribution is 9.11. The molecule has 0 bridgehead atoms. The highest BCUT2D eigenvalue weighted by Gasteiger charge is 2.40. The highest BCUT2D eigenvalue weighted by atomic mass is 79.9. The molecule has 0 aromatic carbocycles. The van der Waals surface area contributed by atoms with E-state index < -0.39 is 10.0 Å². The normalized spacial score (nSPS) is 22.9. The summed E-state index contributed by atoms with van der Waals surface area (Å²) in [5.41, 5.74) is 0. The summed E-state index contributed by atoms with van der Waals surface area (Å²) in [5, 5.41) is 3.75. The molecule has 0 spiro atoms. The Morgan fingerprint density at radius 2 is 2.00 bits per heavy atom. The van der Waals surface area contributed by atoms with Gasteiger partial charge in [-0.15, -0.1) is 11.3 Å². The molecule has 2 saturated heterocycles. The lowest BCUT2D eigenvalue weighted by atomic mass is 10.1. The van der Waals surface area contributed by atoms with Gasteiger partial charge in [-0.3, -0.25) is 4.90 Å². The van der Waals surface area contributed by atoms with E-state index in [1.54, 1.807) is 0 Å². The maximum Gasteiger partial charge on any atom is 0.252 e. The van der Waals surface area contributed by atoms with Gasteiger partial charge in [-0.05, 0) is 22.0 Å². The van der Waals surface area contributed by atoms with Crippen LogP contribution >= 0.6 is 38.9 Å². The standard InChI is InChI=1S/C11H15BrClN3O2S2/c12-11-9(13)5-10(19-11)20(17,18)16-6-8(7-16)15-3-1-14-2-4-15/h5,8,14H,1-4,6-7H2. The maximum absolute atomic E-state index is 12.4. The van der Waals surface area contributed by atoms with E-state index >= 15 is 0 Å². The number of nitrogens with one attached hydrogen (secondary N) is 1. The third kappa shape index (κ3) is 2.79. The van der Waals surface area contributed by atoms with Gasteiger partial charge in [-0.2, -0.15) is 4.31 Å². The fraction of sp³-hybridized carbons (Fsp3) is 0.636. The van der Waals surface area contributed by atoms with Crippen molar-refractivity contribution in [1.29, 1.82) is 0 Å². The summed E-state index contributed by atoms with van der Waals surface area (Å²) >= 11 is 10.3. The smallest absolute Gasteiger partial charge is 0.252 e. The zero-order valence-electron chi connectivity index (χ0n) is 10.7. The predicted octanol–water partition coefficient (Wildman–Crippen LogP) is 1.44. The Kier molecular flexibility index (Phi) is 4.43. The van der Waals surface area contributed by atoms with Crippen LogP contribution in [0.4, 0.5) is 0 Å². The van der Waals surface area contributed by atoms with Crippen LogP contribution in [0.3, 0.4) is 0 Å². The van der Waals surface area contributed by atoms with Crippen molar-refractivity contribution >= 4 is 48.9 Å². The first-order valence-electron chi connectivity index (χ1n) is 6.38. The molecule has 1 aromatic rings. The molecule has 0 unspecified atom stereocenters. The Morgan fingerprint density at radius 1 is 1.35 bits per heavy atom. The molecule has 112 valence electrons. The maximum atomic E-state index is 12.4. The summed E-state index contributed by atoms with van der Waals surface area (Å²) in [7, 11) is -3.38. The zero-order chi connectivity index (χ0) is 14.3. The molecule has 1 aromatic heterocycles. The van der Waals surface area contributed by atoms with E-state index in [1.807, 2.05) is 0 Å². The van der Waals surface area contributed by atoms with Crippen molar-refractivity contribution in [3.05, 3.63) is 14.9 Å². The number of halogens is 2. The number of sulfonamides is 1. The number of thiophene rings is 1. The number of nitrogens with zero attached hydrogens (tertiary/aromatic N) is 2. The van der Waals surface area contributed by atoms with Crippen LogP contribution in [-0.4, -0.2) is 62.9 Å². The first-order valence-corrected chi connectivity index (χ1v) is 9.81. The molecule has 0 saturated carbocycles. The summed E-state index contributed by atoms with van der Waals surface area (Å²) in [6, 6.07) is 1.87. The SMILES string of the molecule is O=S(=O)(c1cc(Cl)c(Br)s1)N1CC(N2CCNCC2)C1. The van der Waals surface area contributed by atoms with Crippen LogP contribution in [0.5, 0.6) is 0 Å². The average Bonchev–Trinajstić information content (AvgIpc) is 2.70. The largest absolute Gasteiger partial charge is 0.314 e. The molecule has 2 aliphatic heterocycles. The summed E-state index contributed by atoms with van der Waals surface area (Å²) in [4.78, 5) is 2.36. The molecule has 2 aliphatic rings. The molecule has 3 rings (SSSR count). The van der Waals surface area contributed by atoms with Gasteiger partial charge in [0.05, 0.1) is 8.81 Å². The Morgan fingerprint density at radius 3 is 2.55 bits per heavy atom. The predicted molar refractivity (Wildman–Crippen MR) is 84.0 cm³/mol. The monoisotopic (exact) mass is 399 g/mol. The van der Waals surface area contributed by atoms with Gasteiger partial charge >= 0.3 is 0 Å². The van der Waals surface area contributed by atoms with E-state index in [0.717, 1.165) is 26.2 Å². The van der Waals surface area contributed by atoms with E-state index in [9.17, 15) is 8.42 Å². The minimum atomic E-state index is -3.38. The molecule has 1 N–H and O–H groups in total. The van der Waals surface area contributed by atoms with Crippen molar-refractivity contribution in [2.45, 2.75) is 10.3 Å². The Hall–Kier alpha value is 0.300. The highest BCUT2D eigenvalue weighted by Crippen LogP contribution is 2.37. The van der Waals surface area contributed by atoms with Gasteiger partial charge in [0.15, 0.2) is 0 Å². The lowest BCUT2D eigenvalue weighted by molar-refractivity contribution is 0.0774. The van der Waals surface area contributed by atoms with Crippen LogP contribution in [0, 0.1) is 0 Å². The molecule has 2 fully saturated rings. The molecule has 20 heavy (non-hydrogen) atoms. The average molecular weight is 401 g/mol. The number of piperazine rings is 1. The fourth-order valence-electron chi connectivity index (χ4n) is 2.47. The number of hydrogen-bond acceptors (Lipinski definition) is 5. The molecule has 0 amide bonds. The van der Waals surface area contributed by atoms with E-state index in [4.69, 9.17) is 11.6 Å². The van der Waals surface area contributed by atoms with Gasteiger partial charge < -0.3 is 5.32 Å². The van der Waals surface area contributed by atoms with E-state index in [-0.39, 0.29) is 0 Å². The van der Waals surface area contributed by atoms with Gasteiger partial charge in [0.2, 0.25) is 0 Å². The molecular formula is C11H15BrClN3O2S2. The molecule has 0 aliphatic carbocycles. The van der Waals surface area contributed by atoms with Crippen LogP contribution in [0.25, 0.3) is 0 Å². The second kappa shape index (κ2) is 5.83. The van der Waals surface area contributed by atoms with E-state index in [2.05, 4.69) is 26.1 Å². The molecule has 0 radical (unpaired) electrons. The molecular weight excluding hydrogens is 386 g/mol. The van der Waals surface area contributed by atoms with Crippen molar-refractivity contribution in [2.75, 3.05) is 39.3 Å². The number of hydrogen-bond donors (Lipinski definition) is 1. The molecule has 0 atom stereocenters. The van der Waals surface area contributed by atoms with Crippen molar-refractivity contribution in [3.8, 4) is 0 Å². The lowest BCUT2D eigenvalue weighted by Crippen LogP contribution is -2.63. The first kappa shape index (κ1) is 15.2. The van der Waals surface area contributed by atoms with Gasteiger partial charge in [0.1, 0.15) is 4.21 Å². The minimum absolute atomic E-state index is 0.313. The molecule has 9 heteroatoms. The topological polar surface area (TPSA) is 52.7 Å². The van der Waals surface area contributed by atoms with Crippen molar-refractivity contribution in [2.24, 2.45) is 0 Å². The minimum Gasteiger partial charge on any atom is -0.314 e. The molecule has 5 nitrogen and oxygen atoms in total. The first-order chi connectivity index (χ1) is 9.48. The second-order valence-electron chi connectivity index (χ2n) is 4.95. The Labute approximate surface area is 136 Å². The second-order valence-corrected chi connectivity index (χ2v) is 9.89.